The van der Waals surface area contributed by atoms with Crippen LogP contribution in [0.25, 0.3) is 0 Å². The standard InChI is InChI=1S/C8H14BrN3O/c1-3-6(13-2)4-12-5-7(9)8(10)11-12/h5-6H,3-4H2,1-2H3,(H2,10,11). The van der Waals surface area contributed by atoms with Crippen LogP contribution in [0, 0.1) is 0 Å². The van der Waals surface area contributed by atoms with Crippen LogP contribution < -0.4 is 5.73 Å². The summed E-state index contributed by atoms with van der Waals surface area (Å²) >= 11 is 3.30. The minimum Gasteiger partial charge on any atom is -0.381 e. The minimum atomic E-state index is 0.200. The molecule has 1 atom stereocenters. The predicted molar refractivity (Wildman–Crippen MR) is 55.4 cm³/mol. The molecule has 1 aromatic rings. The van der Waals surface area contributed by atoms with Crippen molar-refractivity contribution in [1.29, 1.82) is 0 Å². The van der Waals surface area contributed by atoms with E-state index in [2.05, 4.69) is 28.0 Å². The number of methoxy groups -OCH3 is 1. The molecular weight excluding hydrogens is 234 g/mol. The average molecular weight is 248 g/mol. The fourth-order valence-corrected chi connectivity index (χ4v) is 1.40. The number of rotatable bonds is 4. The molecular formula is C8H14BrN3O. The Morgan fingerprint density at radius 2 is 2.46 bits per heavy atom. The molecule has 0 amide bonds. The van der Waals surface area contributed by atoms with Crippen molar-refractivity contribution in [3.8, 4) is 0 Å². The molecule has 74 valence electrons. The molecule has 0 radical (unpaired) electrons. The highest BCUT2D eigenvalue weighted by Gasteiger charge is 2.08. The summed E-state index contributed by atoms with van der Waals surface area (Å²) in [7, 11) is 1.70. The smallest absolute Gasteiger partial charge is 0.159 e. The number of nitrogens with two attached hydrogens (primary N) is 1. The summed E-state index contributed by atoms with van der Waals surface area (Å²) in [6, 6.07) is 0. The fourth-order valence-electron chi connectivity index (χ4n) is 1.08. The van der Waals surface area contributed by atoms with Crippen molar-refractivity contribution < 1.29 is 4.74 Å². The Morgan fingerprint density at radius 3 is 2.85 bits per heavy atom. The first-order valence-corrected chi connectivity index (χ1v) is 4.97. The molecule has 0 aliphatic rings. The third-order valence-corrected chi connectivity index (χ3v) is 2.53. The third kappa shape index (κ3) is 2.70. The molecule has 0 aliphatic carbocycles. The molecule has 2 N–H and O–H groups in total. The zero-order valence-electron chi connectivity index (χ0n) is 7.83. The largest absolute Gasteiger partial charge is 0.381 e. The van der Waals surface area contributed by atoms with Gasteiger partial charge in [0.25, 0.3) is 0 Å². The number of ether oxygens (including phenoxy) is 1. The summed E-state index contributed by atoms with van der Waals surface area (Å²) in [6.07, 6.45) is 3.02. The van der Waals surface area contributed by atoms with Gasteiger partial charge in [0.15, 0.2) is 5.82 Å². The van der Waals surface area contributed by atoms with E-state index in [0.29, 0.717) is 5.82 Å². The van der Waals surface area contributed by atoms with Gasteiger partial charge >= 0.3 is 0 Å². The summed E-state index contributed by atoms with van der Waals surface area (Å²) in [5.41, 5.74) is 5.58. The number of halogens is 1. The normalized spacial score (nSPS) is 13.2. The summed E-state index contributed by atoms with van der Waals surface area (Å²) in [4.78, 5) is 0. The lowest BCUT2D eigenvalue weighted by molar-refractivity contribution is 0.0816. The van der Waals surface area contributed by atoms with Gasteiger partial charge in [-0.3, -0.25) is 4.68 Å². The lowest BCUT2D eigenvalue weighted by atomic mass is 10.3. The van der Waals surface area contributed by atoms with Gasteiger partial charge in [-0.1, -0.05) is 6.92 Å². The van der Waals surface area contributed by atoms with Crippen LogP contribution in [0.1, 0.15) is 13.3 Å². The van der Waals surface area contributed by atoms with Crippen molar-refractivity contribution in [1.82, 2.24) is 9.78 Å². The summed E-state index contributed by atoms with van der Waals surface area (Å²) in [6.45, 7) is 2.82. The van der Waals surface area contributed by atoms with Crippen LogP contribution in [0.15, 0.2) is 10.7 Å². The lowest BCUT2D eigenvalue weighted by Gasteiger charge is -2.12. The van der Waals surface area contributed by atoms with E-state index < -0.39 is 0 Å². The summed E-state index contributed by atoms with van der Waals surface area (Å²) in [5.74, 6) is 0.519. The highest BCUT2D eigenvalue weighted by atomic mass is 79.9. The molecule has 0 fully saturated rings. The lowest BCUT2D eigenvalue weighted by Crippen LogP contribution is -2.18. The maximum Gasteiger partial charge on any atom is 0.159 e. The first kappa shape index (κ1) is 10.5. The Balaban J connectivity index is 2.62. The van der Waals surface area contributed by atoms with Gasteiger partial charge in [0.2, 0.25) is 0 Å². The number of hydrogen-bond acceptors (Lipinski definition) is 3. The molecule has 13 heavy (non-hydrogen) atoms. The monoisotopic (exact) mass is 247 g/mol. The molecule has 1 heterocycles. The molecule has 0 aliphatic heterocycles. The highest BCUT2D eigenvalue weighted by Crippen LogP contribution is 2.16. The number of hydrogen-bond donors (Lipinski definition) is 1. The zero-order valence-corrected chi connectivity index (χ0v) is 9.41. The van der Waals surface area contributed by atoms with Crippen LogP contribution in [0.5, 0.6) is 0 Å². The number of anilines is 1. The second-order valence-corrected chi connectivity index (χ2v) is 3.70. The Morgan fingerprint density at radius 1 is 1.77 bits per heavy atom. The number of nitrogen functional groups attached to an aromatic ring is 1. The van der Waals surface area contributed by atoms with Crippen LogP contribution in [0.4, 0.5) is 5.82 Å². The van der Waals surface area contributed by atoms with Crippen molar-refractivity contribution in [3.05, 3.63) is 10.7 Å². The topological polar surface area (TPSA) is 53.1 Å². The molecule has 0 spiro atoms. The maximum absolute atomic E-state index is 5.58. The van der Waals surface area contributed by atoms with Crippen LogP contribution in [-0.4, -0.2) is 23.0 Å². The molecule has 5 heteroatoms. The predicted octanol–water partition coefficient (Wildman–Crippen LogP) is 1.65. The van der Waals surface area contributed by atoms with Gasteiger partial charge in [0.05, 0.1) is 17.1 Å². The molecule has 1 rings (SSSR count). The van der Waals surface area contributed by atoms with Crippen LogP contribution >= 0.6 is 15.9 Å². The van der Waals surface area contributed by atoms with Crippen molar-refractivity contribution >= 4 is 21.7 Å². The highest BCUT2D eigenvalue weighted by molar-refractivity contribution is 9.10. The molecule has 1 unspecified atom stereocenters. The van der Waals surface area contributed by atoms with Crippen molar-refractivity contribution in [2.24, 2.45) is 0 Å². The second-order valence-electron chi connectivity index (χ2n) is 2.85. The van der Waals surface area contributed by atoms with Crippen molar-refractivity contribution in [2.75, 3.05) is 12.8 Å². The van der Waals surface area contributed by atoms with E-state index in [1.165, 1.54) is 0 Å². The van der Waals surface area contributed by atoms with Gasteiger partial charge in [0.1, 0.15) is 0 Å². The van der Waals surface area contributed by atoms with Crippen molar-refractivity contribution in [3.63, 3.8) is 0 Å². The first-order valence-electron chi connectivity index (χ1n) is 4.18. The van der Waals surface area contributed by atoms with Crippen LogP contribution in [-0.2, 0) is 11.3 Å². The van der Waals surface area contributed by atoms with Gasteiger partial charge in [0, 0.05) is 13.3 Å². The van der Waals surface area contributed by atoms with E-state index in [0.717, 1.165) is 17.4 Å². The van der Waals surface area contributed by atoms with E-state index in [-0.39, 0.29) is 6.10 Å². The first-order chi connectivity index (χ1) is 6.17. The van der Waals surface area contributed by atoms with E-state index in [1.807, 2.05) is 6.20 Å². The molecule has 0 aromatic carbocycles. The van der Waals surface area contributed by atoms with Crippen molar-refractivity contribution in [2.45, 2.75) is 26.0 Å². The molecule has 1 aromatic heterocycles. The van der Waals surface area contributed by atoms with Crippen LogP contribution in [0.3, 0.4) is 0 Å². The number of aromatic nitrogens is 2. The van der Waals surface area contributed by atoms with Gasteiger partial charge in [-0.05, 0) is 22.4 Å². The summed E-state index contributed by atoms with van der Waals surface area (Å²) < 4.78 is 7.86. The SMILES string of the molecule is CCC(Cn1cc(Br)c(N)n1)OC. The van der Waals surface area contributed by atoms with Gasteiger partial charge in [-0.2, -0.15) is 5.10 Å². The van der Waals surface area contributed by atoms with E-state index >= 15 is 0 Å². The Bertz CT molecular complexity index is 251. The molecule has 0 bridgehead atoms. The Kier molecular flexibility index (Phi) is 3.74. The van der Waals surface area contributed by atoms with Gasteiger partial charge < -0.3 is 10.5 Å². The summed E-state index contributed by atoms with van der Waals surface area (Å²) in [5, 5.41) is 4.11. The average Bonchev–Trinajstić information content (AvgIpc) is 2.42. The third-order valence-electron chi connectivity index (χ3n) is 1.92. The minimum absolute atomic E-state index is 0.200. The molecule has 0 saturated heterocycles. The molecule has 0 saturated carbocycles. The van der Waals surface area contributed by atoms with E-state index in [4.69, 9.17) is 10.5 Å². The zero-order chi connectivity index (χ0) is 9.84. The molecule has 4 nitrogen and oxygen atoms in total. The van der Waals surface area contributed by atoms with Gasteiger partial charge in [-0.15, -0.1) is 0 Å². The van der Waals surface area contributed by atoms with Gasteiger partial charge in [-0.25, -0.2) is 0 Å². The Hall–Kier alpha value is -0.550. The fraction of sp³-hybridized carbons (Fsp3) is 0.625. The second kappa shape index (κ2) is 4.62. The van der Waals surface area contributed by atoms with E-state index in [9.17, 15) is 0 Å². The number of nitrogens with zero attached hydrogens (tertiary/aromatic N) is 2. The Labute approximate surface area is 86.2 Å². The quantitative estimate of drug-likeness (QED) is 0.881. The van der Waals surface area contributed by atoms with E-state index in [1.54, 1.807) is 11.8 Å². The maximum atomic E-state index is 5.58. The van der Waals surface area contributed by atoms with Crippen LogP contribution in [0.2, 0.25) is 0 Å².